The van der Waals surface area contributed by atoms with Crippen molar-refractivity contribution >= 4 is 67.8 Å². The molecule has 4 nitrogen and oxygen atoms in total. The van der Waals surface area contributed by atoms with Crippen molar-refractivity contribution in [1.82, 2.24) is 9.55 Å². The number of aromatic hydroxyl groups is 1. The minimum Gasteiger partial charge on any atom is -0.505 e. The fourth-order valence-corrected chi connectivity index (χ4v) is 5.54. The van der Waals surface area contributed by atoms with Crippen LogP contribution in [0.1, 0.15) is 0 Å². The maximum atomic E-state index is 13.1. The first-order valence-electron chi connectivity index (χ1n) is 8.00. The molecule has 0 spiro atoms. The number of nitrogens with zero attached hydrogens (tertiary/aromatic N) is 2. The number of halogens is 5. The van der Waals surface area contributed by atoms with Gasteiger partial charge in [0, 0.05) is 16.0 Å². The van der Waals surface area contributed by atoms with E-state index >= 15 is 0 Å². The van der Waals surface area contributed by atoms with E-state index in [0.717, 1.165) is 20.8 Å². The number of aromatic nitrogens is 2. The van der Waals surface area contributed by atoms with Crippen LogP contribution >= 0.6 is 57.5 Å². The fourth-order valence-electron chi connectivity index (χ4n) is 3.00. The van der Waals surface area contributed by atoms with E-state index in [9.17, 15) is 18.7 Å². The van der Waals surface area contributed by atoms with Gasteiger partial charge in [0.1, 0.15) is 10.4 Å². The lowest BCUT2D eigenvalue weighted by molar-refractivity contribution is 0.126. The van der Waals surface area contributed by atoms with Gasteiger partial charge in [-0.15, -0.1) is 22.7 Å². The molecule has 0 aliphatic heterocycles. The van der Waals surface area contributed by atoms with E-state index in [-0.39, 0.29) is 31.5 Å². The third-order valence-electron chi connectivity index (χ3n) is 4.22. The molecule has 3 aromatic heterocycles. The van der Waals surface area contributed by atoms with E-state index in [1.54, 1.807) is 18.2 Å². The molecule has 0 amide bonds. The Morgan fingerprint density at radius 2 is 1.90 bits per heavy atom. The van der Waals surface area contributed by atoms with Crippen LogP contribution in [0.5, 0.6) is 5.75 Å². The minimum absolute atomic E-state index is 0.0185. The van der Waals surface area contributed by atoms with Gasteiger partial charge in [-0.1, -0.05) is 40.9 Å². The fraction of sp³-hybridized carbons (Fsp3) is 0.111. The molecule has 11 heteroatoms. The molecule has 0 bridgehead atoms. The summed E-state index contributed by atoms with van der Waals surface area (Å²) >= 11 is 21.2. The monoisotopic (exact) mass is 492 g/mol. The van der Waals surface area contributed by atoms with Gasteiger partial charge in [-0.25, -0.2) is 13.8 Å². The molecule has 150 valence electrons. The predicted octanol–water partition coefficient (Wildman–Crippen LogP) is 6.78. The Bertz CT molecular complexity index is 1300. The lowest BCUT2D eigenvalue weighted by Gasteiger charge is -2.15. The maximum absolute atomic E-state index is 13.1. The molecule has 0 aliphatic carbocycles. The number of pyridine rings is 1. The lowest BCUT2D eigenvalue weighted by atomic mass is 10.0. The van der Waals surface area contributed by atoms with Crippen molar-refractivity contribution in [2.24, 2.45) is 0 Å². The average Bonchev–Trinajstić information content (AvgIpc) is 3.30. The molecule has 4 rings (SSSR count). The molecule has 1 N–H and O–H groups in total. The Labute approximate surface area is 185 Å². The van der Waals surface area contributed by atoms with Gasteiger partial charge in [-0.05, 0) is 18.2 Å². The number of fused-ring (bicyclic) bond motifs is 1. The molecule has 0 aliphatic rings. The van der Waals surface area contributed by atoms with Crippen molar-refractivity contribution < 1.29 is 13.9 Å². The first kappa shape index (κ1) is 20.6. The standard InChI is InChI=1S/C18H9Cl3F2N2O2S2/c19-8-2-1-7(9-3-4-10(20)29-9)14(21)12(8)13-15(26)16-17(24-6-28-16)25(18(13)27)5-11(22)23/h1-4,6,11,26H,5H2. The molecule has 0 fully saturated rings. The highest BCUT2D eigenvalue weighted by Gasteiger charge is 2.26. The first-order chi connectivity index (χ1) is 13.8. The summed E-state index contributed by atoms with van der Waals surface area (Å²) in [6, 6.07) is 6.64. The van der Waals surface area contributed by atoms with E-state index < -0.39 is 24.3 Å². The van der Waals surface area contributed by atoms with Crippen LogP contribution in [0.3, 0.4) is 0 Å². The Morgan fingerprint density at radius 3 is 2.55 bits per heavy atom. The minimum atomic E-state index is -2.79. The highest BCUT2D eigenvalue weighted by atomic mass is 35.5. The quantitative estimate of drug-likeness (QED) is 0.341. The van der Waals surface area contributed by atoms with Crippen LogP contribution in [-0.4, -0.2) is 21.1 Å². The van der Waals surface area contributed by atoms with Gasteiger partial charge in [0.2, 0.25) is 0 Å². The summed E-state index contributed by atoms with van der Waals surface area (Å²) in [4.78, 5) is 17.8. The second kappa shape index (κ2) is 7.85. The molecule has 1 aromatic carbocycles. The Balaban J connectivity index is 2.06. The number of thiophene rings is 1. The third kappa shape index (κ3) is 3.53. The Hall–Kier alpha value is -1.71. The van der Waals surface area contributed by atoms with Crippen LogP contribution in [0.25, 0.3) is 31.9 Å². The Kier molecular flexibility index (Phi) is 5.56. The van der Waals surface area contributed by atoms with Gasteiger partial charge in [0.05, 0.1) is 32.0 Å². The van der Waals surface area contributed by atoms with E-state index in [1.165, 1.54) is 22.9 Å². The topological polar surface area (TPSA) is 55.1 Å². The van der Waals surface area contributed by atoms with Gasteiger partial charge in [0.15, 0.2) is 5.65 Å². The highest BCUT2D eigenvalue weighted by Crippen LogP contribution is 2.46. The zero-order valence-corrected chi connectivity index (χ0v) is 18.0. The van der Waals surface area contributed by atoms with Crippen LogP contribution in [0.15, 0.2) is 34.6 Å². The molecule has 0 saturated carbocycles. The number of benzene rings is 1. The summed E-state index contributed by atoms with van der Waals surface area (Å²) in [5.74, 6) is -0.400. The molecule has 3 heterocycles. The van der Waals surface area contributed by atoms with Crippen molar-refractivity contribution in [2.75, 3.05) is 0 Å². The molecule has 29 heavy (non-hydrogen) atoms. The summed E-state index contributed by atoms with van der Waals surface area (Å²) in [5, 5.41) is 11.0. The van der Waals surface area contributed by atoms with E-state index in [0.29, 0.717) is 9.90 Å². The summed E-state index contributed by atoms with van der Waals surface area (Å²) in [5.41, 5.74) is 0.856. The summed E-state index contributed by atoms with van der Waals surface area (Å²) in [6.45, 7) is -0.873. The number of hydrogen-bond acceptors (Lipinski definition) is 5. The van der Waals surface area contributed by atoms with Crippen LogP contribution in [0.2, 0.25) is 14.4 Å². The molecule has 0 unspecified atom stereocenters. The normalized spacial score (nSPS) is 11.7. The second-order valence-corrected chi connectivity index (χ2v) is 9.28. The zero-order chi connectivity index (χ0) is 20.9. The van der Waals surface area contributed by atoms with Crippen LogP contribution in [0.4, 0.5) is 8.78 Å². The highest BCUT2D eigenvalue weighted by molar-refractivity contribution is 7.19. The van der Waals surface area contributed by atoms with E-state index in [1.807, 2.05) is 0 Å². The SMILES string of the molecule is O=c1c(-c2c(Cl)ccc(-c3ccc(Cl)s3)c2Cl)c(O)c2scnc2n1CC(F)F. The number of thiazole rings is 1. The number of alkyl halides is 2. The van der Waals surface area contributed by atoms with Crippen molar-refractivity contribution in [3.8, 4) is 27.3 Å². The van der Waals surface area contributed by atoms with Gasteiger partial charge in [-0.2, -0.15) is 0 Å². The summed E-state index contributed by atoms with van der Waals surface area (Å²) < 4.78 is 27.8. The molecular weight excluding hydrogens is 485 g/mol. The van der Waals surface area contributed by atoms with Crippen molar-refractivity contribution in [1.29, 1.82) is 0 Å². The van der Waals surface area contributed by atoms with Crippen molar-refractivity contribution in [3.05, 3.63) is 54.5 Å². The van der Waals surface area contributed by atoms with Gasteiger partial charge >= 0.3 is 0 Å². The van der Waals surface area contributed by atoms with Gasteiger partial charge in [0.25, 0.3) is 12.0 Å². The van der Waals surface area contributed by atoms with Gasteiger partial charge in [-0.3, -0.25) is 9.36 Å². The summed E-state index contributed by atoms with van der Waals surface area (Å²) in [7, 11) is 0. The smallest absolute Gasteiger partial charge is 0.264 e. The van der Waals surface area contributed by atoms with Crippen molar-refractivity contribution in [2.45, 2.75) is 13.0 Å². The number of rotatable bonds is 4. The van der Waals surface area contributed by atoms with Crippen LogP contribution < -0.4 is 5.56 Å². The second-order valence-electron chi connectivity index (χ2n) is 5.92. The van der Waals surface area contributed by atoms with Crippen molar-refractivity contribution in [3.63, 3.8) is 0 Å². The maximum Gasteiger partial charge on any atom is 0.264 e. The molecule has 0 atom stereocenters. The van der Waals surface area contributed by atoms with Gasteiger partial charge < -0.3 is 5.11 Å². The zero-order valence-electron chi connectivity index (χ0n) is 14.1. The number of hydrogen-bond donors (Lipinski definition) is 1. The third-order valence-corrected chi connectivity index (χ3v) is 7.01. The van der Waals surface area contributed by atoms with E-state index in [2.05, 4.69) is 4.98 Å². The largest absolute Gasteiger partial charge is 0.505 e. The average molecular weight is 494 g/mol. The Morgan fingerprint density at radius 1 is 1.14 bits per heavy atom. The predicted molar refractivity (Wildman–Crippen MR) is 115 cm³/mol. The first-order valence-corrected chi connectivity index (χ1v) is 10.8. The molecule has 0 saturated heterocycles. The van der Waals surface area contributed by atoms with Crippen LogP contribution in [0, 0.1) is 0 Å². The molecule has 0 radical (unpaired) electrons. The van der Waals surface area contributed by atoms with Crippen LogP contribution in [-0.2, 0) is 6.54 Å². The molecular formula is C18H9Cl3F2N2O2S2. The van der Waals surface area contributed by atoms with E-state index in [4.69, 9.17) is 34.8 Å². The lowest BCUT2D eigenvalue weighted by Crippen LogP contribution is -2.25. The summed E-state index contributed by atoms with van der Waals surface area (Å²) in [6.07, 6.45) is -2.79. The molecule has 4 aromatic rings.